The Kier molecular flexibility index (Phi) is 10.2. The van der Waals surface area contributed by atoms with E-state index in [1.807, 2.05) is 6.92 Å². The molecule has 2 aliphatic carbocycles. The highest BCUT2D eigenvalue weighted by Crippen LogP contribution is 2.24. The summed E-state index contributed by atoms with van der Waals surface area (Å²) >= 11 is 0. The van der Waals surface area contributed by atoms with Crippen LogP contribution in [-0.2, 0) is 15.6 Å². The second-order valence-corrected chi connectivity index (χ2v) is 9.69. The van der Waals surface area contributed by atoms with Crippen LogP contribution in [-0.4, -0.2) is 52.8 Å². The van der Waals surface area contributed by atoms with Gasteiger partial charge in [-0.15, -0.1) is 0 Å². The fourth-order valence-electron chi connectivity index (χ4n) is 4.12. The minimum Gasteiger partial charge on any atom is -0.357 e. The predicted octanol–water partition coefficient (Wildman–Crippen LogP) is 2.32. The van der Waals surface area contributed by atoms with Gasteiger partial charge in [0.15, 0.2) is 5.96 Å². The molecule has 0 bridgehead atoms. The Balaban J connectivity index is 1.76. The van der Waals surface area contributed by atoms with E-state index in [9.17, 15) is 9.00 Å². The van der Waals surface area contributed by atoms with Crippen molar-refractivity contribution in [3.63, 3.8) is 0 Å². The molecule has 0 heterocycles. The van der Waals surface area contributed by atoms with Gasteiger partial charge in [-0.25, -0.2) is 0 Å². The van der Waals surface area contributed by atoms with Gasteiger partial charge in [0.1, 0.15) is 0 Å². The van der Waals surface area contributed by atoms with Crippen LogP contribution in [0.2, 0.25) is 0 Å². The lowest BCUT2D eigenvalue weighted by Crippen LogP contribution is -2.47. The molecule has 2 fully saturated rings. The van der Waals surface area contributed by atoms with E-state index in [0.717, 1.165) is 56.8 Å². The molecule has 27 heavy (non-hydrogen) atoms. The predicted molar refractivity (Wildman–Crippen MR) is 113 cm³/mol. The minimum absolute atomic E-state index is 0.194. The highest BCUT2D eigenvalue weighted by Gasteiger charge is 2.26. The van der Waals surface area contributed by atoms with Crippen molar-refractivity contribution in [2.75, 3.05) is 25.4 Å². The average molecular weight is 399 g/mol. The fraction of sp³-hybridized carbons (Fsp3) is 0.900. The zero-order valence-electron chi connectivity index (χ0n) is 17.1. The molecule has 0 aromatic heterocycles. The summed E-state index contributed by atoms with van der Waals surface area (Å²) in [4.78, 5) is 16.8. The first kappa shape index (κ1) is 22.2. The number of rotatable bonds is 8. The number of nitrogens with one attached hydrogen (secondary N) is 3. The molecule has 0 aromatic rings. The topological polar surface area (TPSA) is 82.6 Å². The molecule has 0 saturated heterocycles. The van der Waals surface area contributed by atoms with Crippen LogP contribution >= 0.6 is 0 Å². The van der Waals surface area contributed by atoms with E-state index < -0.39 is 10.8 Å². The molecule has 3 atom stereocenters. The molecule has 3 N–H and O–H groups in total. The second-order valence-electron chi connectivity index (χ2n) is 7.69. The van der Waals surface area contributed by atoms with Crippen LogP contribution in [0, 0.1) is 5.92 Å². The first-order valence-electron chi connectivity index (χ1n) is 10.8. The van der Waals surface area contributed by atoms with Crippen molar-refractivity contribution >= 4 is 22.7 Å². The monoisotopic (exact) mass is 398 g/mol. The van der Waals surface area contributed by atoms with Gasteiger partial charge in [0.05, 0.1) is 6.54 Å². The fourth-order valence-corrected chi connectivity index (χ4v) is 5.47. The van der Waals surface area contributed by atoms with Crippen molar-refractivity contribution in [3.8, 4) is 0 Å². The number of guanidine groups is 1. The van der Waals surface area contributed by atoms with E-state index in [-0.39, 0.29) is 11.8 Å². The number of carbonyl (C=O) groups excluding carboxylic acids is 1. The van der Waals surface area contributed by atoms with Crippen molar-refractivity contribution in [2.45, 2.75) is 82.9 Å². The SMILES string of the molecule is CCNC(=NCCNC(=O)C1CCCCC1)NC1CCCC(S(=O)CC)C1. The first-order chi connectivity index (χ1) is 13.1. The van der Waals surface area contributed by atoms with Crippen LogP contribution in [0.1, 0.15) is 71.6 Å². The largest absolute Gasteiger partial charge is 0.357 e. The third kappa shape index (κ3) is 7.80. The van der Waals surface area contributed by atoms with Gasteiger partial charge in [-0.3, -0.25) is 14.0 Å². The number of aliphatic imine (C=N–C) groups is 1. The van der Waals surface area contributed by atoms with E-state index >= 15 is 0 Å². The summed E-state index contributed by atoms with van der Waals surface area (Å²) in [6.07, 6.45) is 9.90. The highest BCUT2D eigenvalue weighted by atomic mass is 32.2. The Morgan fingerprint density at radius 3 is 2.52 bits per heavy atom. The van der Waals surface area contributed by atoms with Gasteiger partial charge in [0, 0.05) is 46.9 Å². The van der Waals surface area contributed by atoms with Gasteiger partial charge >= 0.3 is 0 Å². The summed E-state index contributed by atoms with van der Waals surface area (Å²) in [6.45, 7) is 6.01. The summed E-state index contributed by atoms with van der Waals surface area (Å²) in [5.74, 6) is 1.94. The Hall–Kier alpha value is -1.11. The van der Waals surface area contributed by atoms with E-state index in [1.165, 1.54) is 19.3 Å². The summed E-state index contributed by atoms with van der Waals surface area (Å²) in [5.41, 5.74) is 0. The number of nitrogens with zero attached hydrogens (tertiary/aromatic N) is 1. The molecule has 0 spiro atoms. The maximum Gasteiger partial charge on any atom is 0.223 e. The molecule has 3 unspecified atom stereocenters. The molecule has 2 rings (SSSR count). The molecular formula is C20H38N4O2S. The highest BCUT2D eigenvalue weighted by molar-refractivity contribution is 7.85. The van der Waals surface area contributed by atoms with Gasteiger partial charge in [0.2, 0.25) is 5.91 Å². The lowest BCUT2D eigenvalue weighted by Gasteiger charge is -2.30. The Morgan fingerprint density at radius 1 is 1.04 bits per heavy atom. The van der Waals surface area contributed by atoms with E-state index in [1.54, 1.807) is 0 Å². The van der Waals surface area contributed by atoms with Crippen molar-refractivity contribution in [1.82, 2.24) is 16.0 Å². The number of hydrogen-bond acceptors (Lipinski definition) is 3. The van der Waals surface area contributed by atoms with Crippen LogP contribution in [0.4, 0.5) is 0 Å². The standard InChI is InChI=1S/C20H38N4O2S/c1-3-21-20(24-17-11-8-12-18(15-17)27(26)4-2)23-14-13-22-19(25)16-9-6-5-7-10-16/h16-18H,3-15H2,1-2H3,(H,22,25)(H2,21,23,24). The van der Waals surface area contributed by atoms with E-state index in [4.69, 9.17) is 0 Å². The summed E-state index contributed by atoms with van der Waals surface area (Å²) in [5, 5.41) is 10.1. The van der Waals surface area contributed by atoms with Crippen molar-refractivity contribution < 1.29 is 9.00 Å². The normalized spacial score (nSPS) is 25.6. The number of carbonyl (C=O) groups is 1. The molecule has 2 saturated carbocycles. The Bertz CT molecular complexity index is 506. The van der Waals surface area contributed by atoms with Crippen LogP contribution in [0.3, 0.4) is 0 Å². The summed E-state index contributed by atoms with van der Waals surface area (Å²) < 4.78 is 12.1. The van der Waals surface area contributed by atoms with Crippen LogP contribution in [0.15, 0.2) is 4.99 Å². The maximum atomic E-state index is 12.2. The molecule has 0 radical (unpaired) electrons. The molecule has 7 heteroatoms. The minimum atomic E-state index is -0.715. The van der Waals surface area contributed by atoms with E-state index in [2.05, 4.69) is 27.9 Å². The van der Waals surface area contributed by atoms with Gasteiger partial charge in [-0.1, -0.05) is 32.6 Å². The molecule has 156 valence electrons. The van der Waals surface area contributed by atoms with Gasteiger partial charge in [0.25, 0.3) is 0 Å². The van der Waals surface area contributed by atoms with Crippen molar-refractivity contribution in [1.29, 1.82) is 0 Å². The van der Waals surface area contributed by atoms with Crippen LogP contribution in [0.25, 0.3) is 0 Å². The summed E-state index contributed by atoms with van der Waals surface area (Å²) in [7, 11) is -0.715. The van der Waals surface area contributed by atoms with Gasteiger partial charge < -0.3 is 16.0 Å². The zero-order valence-corrected chi connectivity index (χ0v) is 17.9. The molecule has 1 amide bonds. The quantitative estimate of drug-likeness (QED) is 0.333. The maximum absolute atomic E-state index is 12.2. The zero-order chi connectivity index (χ0) is 19.5. The molecule has 0 aromatic carbocycles. The lowest BCUT2D eigenvalue weighted by atomic mass is 9.89. The molecule has 2 aliphatic rings. The van der Waals surface area contributed by atoms with Crippen molar-refractivity contribution in [3.05, 3.63) is 0 Å². The Morgan fingerprint density at radius 2 is 1.81 bits per heavy atom. The van der Waals surface area contributed by atoms with Gasteiger partial charge in [-0.2, -0.15) is 0 Å². The lowest BCUT2D eigenvalue weighted by molar-refractivity contribution is -0.125. The van der Waals surface area contributed by atoms with Crippen molar-refractivity contribution in [2.24, 2.45) is 10.9 Å². The van der Waals surface area contributed by atoms with Crippen LogP contribution < -0.4 is 16.0 Å². The van der Waals surface area contributed by atoms with Gasteiger partial charge in [-0.05, 0) is 39.0 Å². The Labute approximate surface area is 167 Å². The average Bonchev–Trinajstić information content (AvgIpc) is 2.71. The smallest absolute Gasteiger partial charge is 0.223 e. The molecular weight excluding hydrogens is 360 g/mol. The summed E-state index contributed by atoms with van der Waals surface area (Å²) in [6, 6.07) is 0.328. The van der Waals surface area contributed by atoms with Crippen LogP contribution in [0.5, 0.6) is 0 Å². The first-order valence-corrected chi connectivity index (χ1v) is 12.2. The number of hydrogen-bond donors (Lipinski definition) is 3. The third-order valence-corrected chi connectivity index (χ3v) is 7.37. The second kappa shape index (κ2) is 12.4. The third-order valence-electron chi connectivity index (χ3n) is 5.62. The van der Waals surface area contributed by atoms with E-state index in [0.29, 0.717) is 24.4 Å². The molecule has 0 aliphatic heterocycles. The number of amides is 1. The molecule has 6 nitrogen and oxygen atoms in total.